The van der Waals surface area contributed by atoms with Crippen LogP contribution in [0.15, 0.2) is 28.7 Å². The van der Waals surface area contributed by atoms with Gasteiger partial charge in [0.2, 0.25) is 0 Å². The van der Waals surface area contributed by atoms with Gasteiger partial charge in [0.25, 0.3) is 0 Å². The van der Waals surface area contributed by atoms with Crippen LogP contribution in [0.2, 0.25) is 0 Å². The summed E-state index contributed by atoms with van der Waals surface area (Å²) in [4.78, 5) is 0. The van der Waals surface area contributed by atoms with Crippen LogP contribution in [0.4, 0.5) is 0 Å². The number of nitrogens with one attached hydrogen (secondary N) is 1. The van der Waals surface area contributed by atoms with Crippen molar-refractivity contribution in [2.75, 3.05) is 6.54 Å². The Morgan fingerprint density at radius 1 is 0.762 bits per heavy atom. The molecule has 1 aromatic carbocycles. The molecule has 2 heteroatoms. The van der Waals surface area contributed by atoms with Crippen molar-refractivity contribution in [3.8, 4) is 0 Å². The summed E-state index contributed by atoms with van der Waals surface area (Å²) >= 11 is 3.47. The molecule has 0 saturated heterocycles. The van der Waals surface area contributed by atoms with Crippen molar-refractivity contribution < 1.29 is 0 Å². The average Bonchev–Trinajstić information content (AvgIpc) is 2.50. The Kier molecular flexibility index (Phi) is 11.9. The molecule has 0 unspecified atom stereocenters. The minimum absolute atomic E-state index is 0.991. The smallest absolute Gasteiger partial charge is 0.0205 e. The Morgan fingerprint density at radius 2 is 1.29 bits per heavy atom. The van der Waals surface area contributed by atoms with Crippen molar-refractivity contribution in [1.82, 2.24) is 5.32 Å². The third-order valence-corrected chi connectivity index (χ3v) is 4.48. The topological polar surface area (TPSA) is 12.0 Å². The predicted octanol–water partition coefficient (Wildman–Crippen LogP) is 6.46. The fourth-order valence-electron chi connectivity index (χ4n) is 2.57. The Bertz CT molecular complexity index is 334. The second-order valence-corrected chi connectivity index (χ2v) is 6.90. The largest absolute Gasteiger partial charge is 0.313 e. The second kappa shape index (κ2) is 13.3. The Labute approximate surface area is 140 Å². The molecule has 0 amide bonds. The minimum atomic E-state index is 0.991. The molecule has 0 bridgehead atoms. The number of hydrogen-bond donors (Lipinski definition) is 1. The first kappa shape index (κ1) is 18.7. The van der Waals surface area contributed by atoms with E-state index in [2.05, 4.69) is 52.4 Å². The summed E-state index contributed by atoms with van der Waals surface area (Å²) in [6.45, 7) is 4.42. The van der Waals surface area contributed by atoms with Crippen LogP contribution in [0.3, 0.4) is 0 Å². The third kappa shape index (κ3) is 11.0. The van der Waals surface area contributed by atoms with Gasteiger partial charge in [0.15, 0.2) is 0 Å². The number of benzene rings is 1. The number of rotatable bonds is 13. The number of hydrogen-bond acceptors (Lipinski definition) is 1. The Hall–Kier alpha value is -0.340. The highest BCUT2D eigenvalue weighted by Crippen LogP contribution is 2.11. The molecule has 0 spiro atoms. The molecule has 0 fully saturated rings. The molecule has 1 rings (SSSR count). The highest BCUT2D eigenvalue weighted by atomic mass is 79.9. The predicted molar refractivity (Wildman–Crippen MR) is 97.7 cm³/mol. The van der Waals surface area contributed by atoms with E-state index >= 15 is 0 Å². The second-order valence-electron chi connectivity index (χ2n) is 5.99. The van der Waals surface area contributed by atoms with E-state index in [0.29, 0.717) is 0 Å². The molecular weight excluding hydrogens is 322 g/mol. The van der Waals surface area contributed by atoms with Crippen molar-refractivity contribution in [3.63, 3.8) is 0 Å². The van der Waals surface area contributed by atoms with Gasteiger partial charge in [-0.15, -0.1) is 0 Å². The highest BCUT2D eigenvalue weighted by molar-refractivity contribution is 9.10. The third-order valence-electron chi connectivity index (χ3n) is 3.95. The number of unbranched alkanes of at least 4 members (excludes halogenated alkanes) is 9. The van der Waals surface area contributed by atoms with Crippen LogP contribution in [-0.4, -0.2) is 6.54 Å². The molecular formula is C19H32BrN. The molecule has 1 nitrogen and oxygen atoms in total. The van der Waals surface area contributed by atoms with Crippen molar-refractivity contribution in [2.45, 2.75) is 77.7 Å². The first-order valence-electron chi connectivity index (χ1n) is 8.78. The zero-order chi connectivity index (χ0) is 15.2. The van der Waals surface area contributed by atoms with Crippen molar-refractivity contribution >= 4 is 15.9 Å². The molecule has 0 aliphatic rings. The fraction of sp³-hybridized carbons (Fsp3) is 0.684. The minimum Gasteiger partial charge on any atom is -0.313 e. The van der Waals surface area contributed by atoms with Gasteiger partial charge in [0.05, 0.1) is 0 Å². The summed E-state index contributed by atoms with van der Waals surface area (Å²) in [6, 6.07) is 8.57. The molecule has 0 aliphatic heterocycles. The first-order valence-corrected chi connectivity index (χ1v) is 9.57. The van der Waals surface area contributed by atoms with Gasteiger partial charge in [0, 0.05) is 11.0 Å². The van der Waals surface area contributed by atoms with Crippen LogP contribution in [0.25, 0.3) is 0 Å². The van der Waals surface area contributed by atoms with Gasteiger partial charge in [-0.25, -0.2) is 0 Å². The van der Waals surface area contributed by atoms with E-state index in [1.165, 1.54) is 69.8 Å². The molecule has 0 radical (unpaired) electrons. The molecule has 1 aromatic rings. The van der Waals surface area contributed by atoms with E-state index in [4.69, 9.17) is 0 Å². The summed E-state index contributed by atoms with van der Waals surface area (Å²) in [6.07, 6.45) is 14.1. The van der Waals surface area contributed by atoms with E-state index < -0.39 is 0 Å². The van der Waals surface area contributed by atoms with Crippen LogP contribution < -0.4 is 5.32 Å². The maximum absolute atomic E-state index is 3.53. The Morgan fingerprint density at radius 3 is 1.86 bits per heavy atom. The van der Waals surface area contributed by atoms with Crippen LogP contribution >= 0.6 is 15.9 Å². The van der Waals surface area contributed by atoms with Gasteiger partial charge in [-0.05, 0) is 30.7 Å². The lowest BCUT2D eigenvalue weighted by Crippen LogP contribution is -2.14. The maximum Gasteiger partial charge on any atom is 0.0205 e. The van der Waals surface area contributed by atoms with E-state index in [-0.39, 0.29) is 0 Å². The normalized spacial score (nSPS) is 11.0. The van der Waals surface area contributed by atoms with Gasteiger partial charge < -0.3 is 5.32 Å². The monoisotopic (exact) mass is 353 g/mol. The molecule has 1 N–H and O–H groups in total. The average molecular weight is 354 g/mol. The quantitative estimate of drug-likeness (QED) is 0.401. The molecule has 120 valence electrons. The lowest BCUT2D eigenvalue weighted by molar-refractivity contribution is 0.543. The summed E-state index contributed by atoms with van der Waals surface area (Å²) < 4.78 is 1.15. The highest BCUT2D eigenvalue weighted by Gasteiger charge is 1.94. The van der Waals surface area contributed by atoms with Crippen molar-refractivity contribution in [1.29, 1.82) is 0 Å². The lowest BCUT2D eigenvalue weighted by Gasteiger charge is -2.05. The molecule has 0 aliphatic carbocycles. The van der Waals surface area contributed by atoms with E-state index in [1.54, 1.807) is 0 Å². The summed E-state index contributed by atoms with van der Waals surface area (Å²) in [7, 11) is 0. The van der Waals surface area contributed by atoms with Gasteiger partial charge in [-0.3, -0.25) is 0 Å². The van der Waals surface area contributed by atoms with Gasteiger partial charge >= 0.3 is 0 Å². The summed E-state index contributed by atoms with van der Waals surface area (Å²) in [5, 5.41) is 3.53. The standard InChI is InChI=1S/C19H32BrN/c1-2-3-4-5-6-7-8-9-10-11-16-21-17-18-12-14-19(20)15-13-18/h12-15,21H,2-11,16-17H2,1H3. The van der Waals surface area contributed by atoms with Gasteiger partial charge in [-0.1, -0.05) is 92.8 Å². The van der Waals surface area contributed by atoms with Crippen LogP contribution in [0.1, 0.15) is 76.7 Å². The molecule has 21 heavy (non-hydrogen) atoms. The first-order chi connectivity index (χ1) is 10.3. The maximum atomic E-state index is 3.53. The van der Waals surface area contributed by atoms with Crippen molar-refractivity contribution in [2.24, 2.45) is 0 Å². The fourth-order valence-corrected chi connectivity index (χ4v) is 2.84. The van der Waals surface area contributed by atoms with Crippen LogP contribution in [0.5, 0.6) is 0 Å². The zero-order valence-corrected chi connectivity index (χ0v) is 15.3. The van der Waals surface area contributed by atoms with E-state index in [0.717, 1.165) is 17.6 Å². The van der Waals surface area contributed by atoms with Crippen LogP contribution in [-0.2, 0) is 6.54 Å². The lowest BCUT2D eigenvalue weighted by atomic mass is 10.1. The van der Waals surface area contributed by atoms with E-state index in [9.17, 15) is 0 Å². The zero-order valence-electron chi connectivity index (χ0n) is 13.7. The SMILES string of the molecule is CCCCCCCCCCCCNCc1ccc(Br)cc1. The Balaban J connectivity index is 1.81. The van der Waals surface area contributed by atoms with Crippen LogP contribution in [0, 0.1) is 0 Å². The molecule has 0 heterocycles. The molecule has 0 atom stereocenters. The number of halogens is 1. The summed E-state index contributed by atoms with van der Waals surface area (Å²) in [5.41, 5.74) is 1.37. The summed E-state index contributed by atoms with van der Waals surface area (Å²) in [5.74, 6) is 0. The molecule has 0 aromatic heterocycles. The molecule has 0 saturated carbocycles. The van der Waals surface area contributed by atoms with Crippen molar-refractivity contribution in [3.05, 3.63) is 34.3 Å². The van der Waals surface area contributed by atoms with E-state index in [1.807, 2.05) is 0 Å². The van der Waals surface area contributed by atoms with Gasteiger partial charge in [0.1, 0.15) is 0 Å². The van der Waals surface area contributed by atoms with Gasteiger partial charge in [-0.2, -0.15) is 0 Å².